The predicted octanol–water partition coefficient (Wildman–Crippen LogP) is 4.89. The summed E-state index contributed by atoms with van der Waals surface area (Å²) in [6.45, 7) is 0.617. The standard InChI is InChI=1S/C18H14BrNOS2/c19-15-8-6-14(7-9-15)12-16-17(21)20(18(22)23-16)11-10-13-4-2-1-3-5-13/h1-9,12H,10-11H2/b16-12+. The molecule has 0 atom stereocenters. The number of thiocarbonyl (C=S) groups is 1. The van der Waals surface area contributed by atoms with Gasteiger partial charge in [0, 0.05) is 11.0 Å². The summed E-state index contributed by atoms with van der Waals surface area (Å²) < 4.78 is 1.65. The molecule has 0 spiro atoms. The van der Waals surface area contributed by atoms with Crippen LogP contribution in [0.1, 0.15) is 11.1 Å². The highest BCUT2D eigenvalue weighted by atomic mass is 79.9. The van der Waals surface area contributed by atoms with Gasteiger partial charge in [-0.2, -0.15) is 0 Å². The van der Waals surface area contributed by atoms with Gasteiger partial charge in [0.1, 0.15) is 4.32 Å². The number of nitrogens with zero attached hydrogens (tertiary/aromatic N) is 1. The van der Waals surface area contributed by atoms with Crippen molar-refractivity contribution in [1.29, 1.82) is 0 Å². The lowest BCUT2D eigenvalue weighted by Crippen LogP contribution is -2.30. The Morgan fingerprint density at radius 1 is 1.09 bits per heavy atom. The molecule has 5 heteroatoms. The van der Waals surface area contributed by atoms with Gasteiger partial charge in [0.15, 0.2) is 0 Å². The molecule has 2 nitrogen and oxygen atoms in total. The summed E-state index contributed by atoms with van der Waals surface area (Å²) in [5.74, 6) is -0.00106. The summed E-state index contributed by atoms with van der Waals surface area (Å²) in [5, 5.41) is 0. The third-order valence-electron chi connectivity index (χ3n) is 3.51. The zero-order valence-corrected chi connectivity index (χ0v) is 15.5. The molecule has 1 aliphatic heterocycles. The van der Waals surface area contributed by atoms with E-state index >= 15 is 0 Å². The van der Waals surface area contributed by atoms with Crippen LogP contribution >= 0.6 is 39.9 Å². The van der Waals surface area contributed by atoms with Gasteiger partial charge < -0.3 is 0 Å². The lowest BCUT2D eigenvalue weighted by molar-refractivity contribution is -0.122. The monoisotopic (exact) mass is 403 g/mol. The Hall–Kier alpha value is -1.43. The first-order valence-electron chi connectivity index (χ1n) is 7.18. The Bertz CT molecular complexity index is 756. The smallest absolute Gasteiger partial charge is 0.266 e. The maximum absolute atomic E-state index is 12.5. The molecule has 1 amide bonds. The van der Waals surface area contributed by atoms with Gasteiger partial charge in [-0.3, -0.25) is 9.69 Å². The minimum atomic E-state index is -0.00106. The molecule has 2 aromatic carbocycles. The molecule has 1 saturated heterocycles. The largest absolute Gasteiger partial charge is 0.293 e. The van der Waals surface area contributed by atoms with E-state index in [0.717, 1.165) is 16.5 Å². The molecule has 0 aromatic heterocycles. The number of carbonyl (C=O) groups excluding carboxylic acids is 1. The number of amides is 1. The van der Waals surface area contributed by atoms with Gasteiger partial charge in [0.25, 0.3) is 5.91 Å². The fraction of sp³-hybridized carbons (Fsp3) is 0.111. The SMILES string of the molecule is O=C1/C(=C\c2ccc(Br)cc2)SC(=S)N1CCc1ccccc1. The molecule has 0 N–H and O–H groups in total. The summed E-state index contributed by atoms with van der Waals surface area (Å²) >= 11 is 10.1. The predicted molar refractivity (Wildman–Crippen MR) is 104 cm³/mol. The molecule has 1 heterocycles. The molecule has 23 heavy (non-hydrogen) atoms. The highest BCUT2D eigenvalue weighted by Gasteiger charge is 2.31. The molecule has 3 rings (SSSR count). The third-order valence-corrected chi connectivity index (χ3v) is 5.41. The fourth-order valence-corrected chi connectivity index (χ4v) is 3.86. The summed E-state index contributed by atoms with van der Waals surface area (Å²) in [6.07, 6.45) is 2.70. The van der Waals surface area contributed by atoms with Crippen molar-refractivity contribution in [2.45, 2.75) is 6.42 Å². The summed E-state index contributed by atoms with van der Waals surface area (Å²) in [6, 6.07) is 18.0. The highest BCUT2D eigenvalue weighted by Crippen LogP contribution is 2.32. The van der Waals surface area contributed by atoms with Crippen molar-refractivity contribution in [3.05, 3.63) is 75.1 Å². The fourth-order valence-electron chi connectivity index (χ4n) is 2.29. The number of benzene rings is 2. The van der Waals surface area contributed by atoms with Gasteiger partial charge in [-0.25, -0.2) is 0 Å². The topological polar surface area (TPSA) is 20.3 Å². The molecule has 0 aliphatic carbocycles. The zero-order valence-electron chi connectivity index (χ0n) is 12.2. The lowest BCUT2D eigenvalue weighted by atomic mass is 10.1. The van der Waals surface area contributed by atoms with Crippen LogP contribution < -0.4 is 0 Å². The van der Waals surface area contributed by atoms with E-state index in [2.05, 4.69) is 28.1 Å². The van der Waals surface area contributed by atoms with E-state index in [1.807, 2.05) is 48.5 Å². The Morgan fingerprint density at radius 2 is 1.78 bits per heavy atom. The molecule has 116 valence electrons. The molecule has 0 saturated carbocycles. The number of rotatable bonds is 4. The Kier molecular flexibility index (Phi) is 5.30. The first-order chi connectivity index (χ1) is 11.1. The molecular weight excluding hydrogens is 390 g/mol. The van der Waals surface area contributed by atoms with Crippen LogP contribution in [0.25, 0.3) is 6.08 Å². The quantitative estimate of drug-likeness (QED) is 0.535. The minimum absolute atomic E-state index is 0.00106. The van der Waals surface area contributed by atoms with Gasteiger partial charge >= 0.3 is 0 Å². The Morgan fingerprint density at radius 3 is 2.48 bits per heavy atom. The van der Waals surface area contributed by atoms with E-state index in [9.17, 15) is 4.79 Å². The first kappa shape index (κ1) is 16.4. The summed E-state index contributed by atoms with van der Waals surface area (Å²) in [4.78, 5) is 14.9. The van der Waals surface area contributed by atoms with Crippen LogP contribution in [-0.2, 0) is 11.2 Å². The van der Waals surface area contributed by atoms with E-state index in [1.165, 1.54) is 17.3 Å². The van der Waals surface area contributed by atoms with E-state index in [0.29, 0.717) is 15.8 Å². The van der Waals surface area contributed by atoms with Crippen LogP contribution in [0.5, 0.6) is 0 Å². The molecule has 1 aliphatic rings. The van der Waals surface area contributed by atoms with E-state index in [-0.39, 0.29) is 5.91 Å². The molecule has 0 unspecified atom stereocenters. The van der Waals surface area contributed by atoms with Crippen LogP contribution in [0.4, 0.5) is 0 Å². The van der Waals surface area contributed by atoms with Crippen molar-refractivity contribution >= 4 is 56.2 Å². The average molecular weight is 404 g/mol. The van der Waals surface area contributed by atoms with Gasteiger partial charge in [0.2, 0.25) is 0 Å². The zero-order chi connectivity index (χ0) is 16.2. The number of hydrogen-bond donors (Lipinski definition) is 0. The number of halogens is 1. The second-order valence-corrected chi connectivity index (χ2v) is 7.71. The molecular formula is C18H14BrNOS2. The van der Waals surface area contributed by atoms with Gasteiger partial charge in [-0.1, -0.05) is 82.4 Å². The van der Waals surface area contributed by atoms with Gasteiger partial charge in [-0.15, -0.1) is 0 Å². The average Bonchev–Trinajstić information content (AvgIpc) is 2.82. The van der Waals surface area contributed by atoms with Crippen LogP contribution in [0.2, 0.25) is 0 Å². The normalized spacial score (nSPS) is 16.4. The summed E-state index contributed by atoms with van der Waals surface area (Å²) in [7, 11) is 0. The van der Waals surface area contributed by atoms with Crippen LogP contribution in [0, 0.1) is 0 Å². The first-order valence-corrected chi connectivity index (χ1v) is 9.20. The molecule has 0 radical (unpaired) electrons. The summed E-state index contributed by atoms with van der Waals surface area (Å²) in [5.41, 5.74) is 2.20. The van der Waals surface area contributed by atoms with E-state index in [4.69, 9.17) is 12.2 Å². The Balaban J connectivity index is 1.71. The number of thioether (sulfide) groups is 1. The van der Waals surface area contributed by atoms with E-state index < -0.39 is 0 Å². The van der Waals surface area contributed by atoms with Gasteiger partial charge in [0.05, 0.1) is 4.91 Å². The van der Waals surface area contributed by atoms with Crippen LogP contribution in [0.15, 0.2) is 64.0 Å². The maximum atomic E-state index is 12.5. The molecule has 2 aromatic rings. The number of hydrogen-bond acceptors (Lipinski definition) is 3. The second kappa shape index (κ2) is 7.43. The van der Waals surface area contributed by atoms with Crippen molar-refractivity contribution < 1.29 is 4.79 Å². The van der Waals surface area contributed by atoms with Crippen molar-refractivity contribution in [1.82, 2.24) is 4.90 Å². The maximum Gasteiger partial charge on any atom is 0.266 e. The highest BCUT2D eigenvalue weighted by molar-refractivity contribution is 9.10. The van der Waals surface area contributed by atoms with Gasteiger partial charge in [-0.05, 0) is 35.8 Å². The third kappa shape index (κ3) is 4.10. The molecule has 0 bridgehead atoms. The van der Waals surface area contributed by atoms with Crippen LogP contribution in [-0.4, -0.2) is 21.7 Å². The Labute approximate surface area is 153 Å². The van der Waals surface area contributed by atoms with Crippen molar-refractivity contribution in [3.63, 3.8) is 0 Å². The second-order valence-electron chi connectivity index (χ2n) is 5.12. The van der Waals surface area contributed by atoms with Crippen molar-refractivity contribution in [2.75, 3.05) is 6.54 Å². The molecule has 1 fully saturated rings. The van der Waals surface area contributed by atoms with Crippen molar-refractivity contribution in [2.24, 2.45) is 0 Å². The van der Waals surface area contributed by atoms with E-state index in [1.54, 1.807) is 4.90 Å². The van der Waals surface area contributed by atoms with Crippen molar-refractivity contribution in [3.8, 4) is 0 Å². The van der Waals surface area contributed by atoms with Crippen LogP contribution in [0.3, 0.4) is 0 Å². The number of carbonyl (C=O) groups is 1. The lowest BCUT2D eigenvalue weighted by Gasteiger charge is -2.14. The minimum Gasteiger partial charge on any atom is -0.293 e.